The number of nitrogens with zero attached hydrogens (tertiary/aromatic N) is 2. The zero-order valence-corrected chi connectivity index (χ0v) is 13.8. The third-order valence-electron chi connectivity index (χ3n) is 4.10. The van der Waals surface area contributed by atoms with E-state index in [4.69, 9.17) is 11.6 Å². The summed E-state index contributed by atoms with van der Waals surface area (Å²) in [5, 5.41) is 3.13. The summed E-state index contributed by atoms with van der Waals surface area (Å²) in [6.07, 6.45) is 0. The molecule has 0 spiro atoms. The molecule has 0 bridgehead atoms. The second-order valence-electron chi connectivity index (χ2n) is 5.53. The maximum absolute atomic E-state index is 13.8. The van der Waals surface area contributed by atoms with E-state index < -0.39 is 17.6 Å². The third kappa shape index (κ3) is 2.18. The number of para-hydroxylation sites is 1. The second-order valence-corrected chi connectivity index (χ2v) is 5.91. The molecule has 124 valence electrons. The Kier molecular flexibility index (Phi) is 3.43. The summed E-state index contributed by atoms with van der Waals surface area (Å²) in [6.45, 7) is 0. The number of hydrogen-bond acceptors (Lipinski definition) is 4. The minimum atomic E-state index is -0.569. The molecule has 5 nitrogen and oxygen atoms in total. The standard InChI is InChI=1S/C18H11ClFN3O2/c1-21-12-8-9(20)7-11-14(19)13-16(22-15(11)12)18(25)23(17(13)24)10-5-3-2-4-6-10/h2-8,21H,1H3. The number of imide groups is 1. The highest BCUT2D eigenvalue weighted by Gasteiger charge is 2.41. The number of hydrogen-bond donors (Lipinski definition) is 1. The molecule has 0 saturated heterocycles. The Labute approximate surface area is 147 Å². The summed E-state index contributed by atoms with van der Waals surface area (Å²) in [5.74, 6) is -1.64. The Balaban J connectivity index is 2.00. The highest BCUT2D eigenvalue weighted by molar-refractivity contribution is 6.45. The van der Waals surface area contributed by atoms with Crippen LogP contribution in [0.15, 0.2) is 42.5 Å². The average molecular weight is 356 g/mol. The molecular weight excluding hydrogens is 345 g/mol. The predicted molar refractivity (Wildman–Crippen MR) is 93.8 cm³/mol. The van der Waals surface area contributed by atoms with Crippen LogP contribution >= 0.6 is 11.6 Å². The van der Waals surface area contributed by atoms with Crippen LogP contribution in [0, 0.1) is 5.82 Å². The first-order valence-electron chi connectivity index (χ1n) is 7.47. The molecule has 3 aromatic rings. The van der Waals surface area contributed by atoms with Gasteiger partial charge in [0.25, 0.3) is 11.8 Å². The molecule has 1 aliphatic heterocycles. The van der Waals surface area contributed by atoms with E-state index in [-0.39, 0.29) is 21.7 Å². The molecule has 25 heavy (non-hydrogen) atoms. The second kappa shape index (κ2) is 5.53. The number of rotatable bonds is 2. The van der Waals surface area contributed by atoms with Gasteiger partial charge < -0.3 is 5.32 Å². The van der Waals surface area contributed by atoms with Crippen LogP contribution in [-0.4, -0.2) is 23.8 Å². The Morgan fingerprint density at radius 2 is 1.84 bits per heavy atom. The first-order valence-corrected chi connectivity index (χ1v) is 7.85. The highest BCUT2D eigenvalue weighted by atomic mass is 35.5. The van der Waals surface area contributed by atoms with E-state index in [1.807, 2.05) is 0 Å². The quantitative estimate of drug-likeness (QED) is 0.709. The number of anilines is 2. The first kappa shape index (κ1) is 15.5. The van der Waals surface area contributed by atoms with Gasteiger partial charge in [0, 0.05) is 12.4 Å². The van der Waals surface area contributed by atoms with Crippen molar-refractivity contribution in [2.45, 2.75) is 0 Å². The number of nitrogens with one attached hydrogen (secondary N) is 1. The Morgan fingerprint density at radius 1 is 1.12 bits per heavy atom. The summed E-state index contributed by atoms with van der Waals surface area (Å²) in [6, 6.07) is 11.0. The maximum Gasteiger partial charge on any atom is 0.284 e. The molecule has 4 rings (SSSR count). The van der Waals surface area contributed by atoms with E-state index >= 15 is 0 Å². The normalized spacial score (nSPS) is 13.5. The summed E-state index contributed by atoms with van der Waals surface area (Å²) < 4.78 is 13.8. The van der Waals surface area contributed by atoms with Crippen molar-refractivity contribution in [1.29, 1.82) is 0 Å². The monoisotopic (exact) mass is 355 g/mol. The molecule has 0 radical (unpaired) electrons. The van der Waals surface area contributed by atoms with Gasteiger partial charge in [-0.3, -0.25) is 9.59 Å². The highest BCUT2D eigenvalue weighted by Crippen LogP contribution is 2.38. The predicted octanol–water partition coefficient (Wildman–Crippen LogP) is 3.87. The van der Waals surface area contributed by atoms with Crippen LogP contribution in [0.4, 0.5) is 15.8 Å². The van der Waals surface area contributed by atoms with E-state index in [1.54, 1.807) is 37.4 Å². The zero-order chi connectivity index (χ0) is 17.7. The smallest absolute Gasteiger partial charge is 0.284 e. The number of fused-ring (bicyclic) bond motifs is 2. The van der Waals surface area contributed by atoms with Gasteiger partial charge in [-0.2, -0.15) is 0 Å². The molecule has 2 aromatic carbocycles. The van der Waals surface area contributed by atoms with Gasteiger partial charge in [0.1, 0.15) is 11.5 Å². The largest absolute Gasteiger partial charge is 0.386 e. The zero-order valence-electron chi connectivity index (χ0n) is 13.0. The summed E-state index contributed by atoms with van der Waals surface area (Å²) >= 11 is 6.37. The number of pyridine rings is 1. The molecule has 7 heteroatoms. The van der Waals surface area contributed by atoms with Gasteiger partial charge in [0.15, 0.2) is 0 Å². The van der Waals surface area contributed by atoms with Gasteiger partial charge in [0.2, 0.25) is 0 Å². The van der Waals surface area contributed by atoms with Crippen LogP contribution in [0.25, 0.3) is 10.9 Å². The van der Waals surface area contributed by atoms with E-state index in [0.29, 0.717) is 16.9 Å². The summed E-state index contributed by atoms with van der Waals surface area (Å²) in [5.41, 5.74) is 1.11. The van der Waals surface area contributed by atoms with Crippen LogP contribution in [0.2, 0.25) is 5.02 Å². The molecule has 2 heterocycles. The number of carbonyl (C=O) groups is 2. The van der Waals surface area contributed by atoms with Gasteiger partial charge in [-0.05, 0) is 24.3 Å². The van der Waals surface area contributed by atoms with Gasteiger partial charge in [-0.25, -0.2) is 14.3 Å². The fraction of sp³-hybridized carbons (Fsp3) is 0.0556. The van der Waals surface area contributed by atoms with Gasteiger partial charge in [-0.1, -0.05) is 29.8 Å². The van der Waals surface area contributed by atoms with E-state index in [9.17, 15) is 14.0 Å². The van der Waals surface area contributed by atoms with Crippen LogP contribution < -0.4 is 10.2 Å². The number of benzene rings is 2. The van der Waals surface area contributed by atoms with Gasteiger partial charge in [0.05, 0.1) is 27.5 Å². The van der Waals surface area contributed by atoms with Crippen molar-refractivity contribution >= 4 is 45.7 Å². The molecule has 0 fully saturated rings. The van der Waals surface area contributed by atoms with Gasteiger partial charge >= 0.3 is 0 Å². The maximum atomic E-state index is 13.8. The SMILES string of the molecule is CNc1cc(F)cc2c(Cl)c3c(nc12)C(=O)N(c1ccccc1)C3=O. The van der Waals surface area contributed by atoms with Crippen molar-refractivity contribution in [2.24, 2.45) is 0 Å². The molecule has 2 amide bonds. The number of amides is 2. The van der Waals surface area contributed by atoms with Crippen molar-refractivity contribution < 1.29 is 14.0 Å². The van der Waals surface area contributed by atoms with Crippen LogP contribution in [0.1, 0.15) is 20.8 Å². The molecule has 0 unspecified atom stereocenters. The molecular formula is C18H11ClFN3O2. The Morgan fingerprint density at radius 3 is 2.52 bits per heavy atom. The van der Waals surface area contributed by atoms with Crippen LogP contribution in [0.5, 0.6) is 0 Å². The third-order valence-corrected chi connectivity index (χ3v) is 4.49. The van der Waals surface area contributed by atoms with E-state index in [2.05, 4.69) is 10.3 Å². The van der Waals surface area contributed by atoms with Gasteiger partial charge in [-0.15, -0.1) is 0 Å². The van der Waals surface area contributed by atoms with Crippen molar-refractivity contribution in [3.05, 3.63) is 64.6 Å². The Hall–Kier alpha value is -2.99. The lowest BCUT2D eigenvalue weighted by Crippen LogP contribution is -2.29. The first-order chi connectivity index (χ1) is 12.0. The molecule has 0 atom stereocenters. The van der Waals surface area contributed by atoms with Crippen LogP contribution in [-0.2, 0) is 0 Å². The molecule has 1 N–H and O–H groups in total. The lowest BCUT2D eigenvalue weighted by atomic mass is 10.1. The minimum Gasteiger partial charge on any atom is -0.386 e. The fourth-order valence-corrected chi connectivity index (χ4v) is 3.27. The minimum absolute atomic E-state index is 0.00401. The average Bonchev–Trinajstić information content (AvgIpc) is 2.86. The lowest BCUT2D eigenvalue weighted by molar-refractivity contribution is 0.0925. The number of halogens is 2. The number of carbonyl (C=O) groups excluding carboxylic acids is 2. The van der Waals surface area contributed by atoms with E-state index in [0.717, 1.165) is 4.90 Å². The molecule has 0 aliphatic carbocycles. The van der Waals surface area contributed by atoms with Crippen molar-refractivity contribution in [3.63, 3.8) is 0 Å². The topological polar surface area (TPSA) is 62.3 Å². The summed E-state index contributed by atoms with van der Waals surface area (Å²) in [4.78, 5) is 30.9. The van der Waals surface area contributed by atoms with E-state index in [1.165, 1.54) is 12.1 Å². The van der Waals surface area contributed by atoms with Crippen molar-refractivity contribution in [1.82, 2.24) is 4.98 Å². The van der Waals surface area contributed by atoms with Crippen LogP contribution in [0.3, 0.4) is 0 Å². The molecule has 0 saturated carbocycles. The molecule has 1 aromatic heterocycles. The lowest BCUT2D eigenvalue weighted by Gasteiger charge is -2.12. The Bertz CT molecular complexity index is 1050. The van der Waals surface area contributed by atoms with Crippen molar-refractivity contribution in [2.75, 3.05) is 17.3 Å². The molecule has 1 aliphatic rings. The number of aromatic nitrogens is 1. The van der Waals surface area contributed by atoms with Crippen molar-refractivity contribution in [3.8, 4) is 0 Å². The summed E-state index contributed by atoms with van der Waals surface area (Å²) in [7, 11) is 1.61. The fourth-order valence-electron chi connectivity index (χ4n) is 2.96.